The molecule has 21 heteroatoms. The van der Waals surface area contributed by atoms with Gasteiger partial charge in [-0.15, -0.1) is 0 Å². The fraction of sp³-hybridized carbons (Fsp3) is 0.373. The van der Waals surface area contributed by atoms with Crippen molar-refractivity contribution < 1.29 is 78.0 Å². The number of rotatable bonds is 21. The van der Waals surface area contributed by atoms with Crippen LogP contribution in [0.5, 0.6) is 11.5 Å². The lowest BCUT2D eigenvalue weighted by Crippen LogP contribution is -2.55. The van der Waals surface area contributed by atoms with E-state index in [1.54, 1.807) is 54.6 Å². The summed E-state index contributed by atoms with van der Waals surface area (Å²) in [6.45, 7) is 2.39. The van der Waals surface area contributed by atoms with Crippen LogP contribution in [0.3, 0.4) is 0 Å². The van der Waals surface area contributed by atoms with Crippen molar-refractivity contribution in [1.82, 2.24) is 15.7 Å². The van der Waals surface area contributed by atoms with Gasteiger partial charge in [0.2, 0.25) is 0 Å². The van der Waals surface area contributed by atoms with Gasteiger partial charge in [0, 0.05) is 31.8 Å². The number of aliphatic hydroxyl groups excluding tert-OH is 1. The molecule has 5 N–H and O–H groups in total. The molecule has 3 aliphatic rings. The van der Waals surface area contributed by atoms with Crippen molar-refractivity contribution in [3.8, 4) is 11.5 Å². The first-order valence-electron chi connectivity index (χ1n) is 23.5. The number of carbonyl (C=O) groups excluding carboxylic acids is 2. The second-order valence-electron chi connectivity index (χ2n) is 17.5. The number of benzene rings is 5. The van der Waals surface area contributed by atoms with E-state index in [1.807, 2.05) is 48.5 Å². The topological polar surface area (TPSA) is 225 Å². The van der Waals surface area contributed by atoms with Crippen LogP contribution in [0, 0.1) is 5.82 Å². The predicted octanol–water partition coefficient (Wildman–Crippen LogP) is 7.13. The SMILES string of the molecule is O=C(OCc1cccc(CON(O)O)c1)OC1CN(C(=O)OCc2cccc(CON(O)O)c2)CC(OCc2ccc3c(c2)N(CCCO)CCO3)C1c1ccc(OC2CCN(c3cccc(F)c3)C2)cc1. The zero-order valence-electron chi connectivity index (χ0n) is 39.3. The number of likely N-dealkylation sites (tertiary alicyclic amines) is 1. The molecule has 3 heterocycles. The third-order valence-electron chi connectivity index (χ3n) is 12.4. The summed E-state index contributed by atoms with van der Waals surface area (Å²) in [5, 5.41) is 44.8. The average molecular weight is 1000 g/mol. The van der Waals surface area contributed by atoms with Gasteiger partial charge in [-0.1, -0.05) is 72.8 Å². The quantitative estimate of drug-likeness (QED) is 0.0364. The van der Waals surface area contributed by atoms with Gasteiger partial charge in [0.25, 0.3) is 0 Å². The molecule has 0 aromatic heterocycles. The van der Waals surface area contributed by atoms with Gasteiger partial charge in [-0.05, 0) is 82.3 Å². The van der Waals surface area contributed by atoms with Crippen LogP contribution in [-0.4, -0.2) is 125 Å². The summed E-state index contributed by atoms with van der Waals surface area (Å²) < 4.78 is 50.8. The monoisotopic (exact) mass is 999 g/mol. The summed E-state index contributed by atoms with van der Waals surface area (Å²) in [7, 11) is 0. The first-order valence-corrected chi connectivity index (χ1v) is 23.5. The maximum atomic E-state index is 14.1. The van der Waals surface area contributed by atoms with E-state index in [-0.39, 0.29) is 70.0 Å². The van der Waals surface area contributed by atoms with Crippen LogP contribution in [0.4, 0.5) is 25.4 Å². The second kappa shape index (κ2) is 25.2. The van der Waals surface area contributed by atoms with Crippen molar-refractivity contribution in [2.24, 2.45) is 0 Å². The minimum Gasteiger partial charge on any atom is -0.490 e. The molecule has 1 amide bonds. The molecule has 4 atom stereocenters. The van der Waals surface area contributed by atoms with Gasteiger partial charge in [0.1, 0.15) is 49.3 Å². The van der Waals surface area contributed by atoms with E-state index in [4.69, 9.17) is 58.9 Å². The van der Waals surface area contributed by atoms with Gasteiger partial charge in [0.05, 0.1) is 74.5 Å². The molecule has 0 spiro atoms. The van der Waals surface area contributed by atoms with Gasteiger partial charge in [0.15, 0.2) is 0 Å². The van der Waals surface area contributed by atoms with E-state index in [0.717, 1.165) is 28.9 Å². The summed E-state index contributed by atoms with van der Waals surface area (Å²) in [6, 6.07) is 33.2. The highest BCUT2D eigenvalue weighted by molar-refractivity contribution is 5.68. The number of hydrogen-bond acceptors (Lipinski definition) is 19. The molecule has 3 aliphatic heterocycles. The standard InChI is InChI=1S/C51H58FN5O15/c52-41-9-3-10-42(26-41)54-19-17-44(27-54)71-43-14-12-40(13-15-43)49-47(66-30-39-11-16-46-45(25-39)53(18-4-21-58)20-22-65-46)28-55(50(59)67-31-35-5-1-7-37(23-35)33-69-56(61)62)29-48(49)72-51(60)68-32-36-6-2-8-38(24-36)34-70-57(63)64/h1-3,5-16,23-26,44,47-49,58,61-64H,4,17-22,27-34H2. The lowest BCUT2D eigenvalue weighted by molar-refractivity contribution is -0.497. The number of amides is 1. The fourth-order valence-corrected chi connectivity index (χ4v) is 9.04. The number of halogens is 1. The summed E-state index contributed by atoms with van der Waals surface area (Å²) in [5.74, 6) is 0.338. The number of carbonyl (C=O) groups is 2. The van der Waals surface area contributed by atoms with Gasteiger partial charge < -0.3 is 48.2 Å². The predicted molar refractivity (Wildman–Crippen MR) is 251 cm³/mol. The number of nitrogens with zero attached hydrogens (tertiary/aromatic N) is 5. The van der Waals surface area contributed by atoms with E-state index >= 15 is 0 Å². The lowest BCUT2D eigenvalue weighted by Gasteiger charge is -2.42. The Kier molecular flexibility index (Phi) is 18.1. The molecule has 0 aliphatic carbocycles. The number of ether oxygens (including phenoxy) is 6. The van der Waals surface area contributed by atoms with Crippen LogP contribution < -0.4 is 19.3 Å². The Labute approximate surface area is 414 Å². The van der Waals surface area contributed by atoms with Crippen LogP contribution in [0.15, 0.2) is 115 Å². The highest BCUT2D eigenvalue weighted by atomic mass is 19.1. The van der Waals surface area contributed by atoms with Gasteiger partial charge in [-0.25, -0.2) is 23.7 Å². The van der Waals surface area contributed by atoms with Crippen LogP contribution in [0.1, 0.15) is 52.1 Å². The summed E-state index contributed by atoms with van der Waals surface area (Å²) in [6.07, 6.45) is -2.44. The van der Waals surface area contributed by atoms with Crippen LogP contribution in [0.25, 0.3) is 0 Å². The second-order valence-corrected chi connectivity index (χ2v) is 17.5. The third-order valence-corrected chi connectivity index (χ3v) is 12.4. The molecule has 4 unspecified atom stereocenters. The molecule has 2 fully saturated rings. The molecule has 0 bridgehead atoms. The maximum absolute atomic E-state index is 14.1. The van der Waals surface area contributed by atoms with Crippen molar-refractivity contribution >= 4 is 23.6 Å². The minimum absolute atomic E-state index is 0.0238. The Morgan fingerprint density at radius 2 is 1.35 bits per heavy atom. The van der Waals surface area contributed by atoms with Gasteiger partial charge in [-0.2, -0.15) is 0 Å². The zero-order chi connectivity index (χ0) is 50.4. The minimum atomic E-state index is -1.05. The number of aliphatic hydroxyl groups is 1. The number of piperidine rings is 1. The molecule has 5 aromatic rings. The van der Waals surface area contributed by atoms with Crippen molar-refractivity contribution in [3.63, 3.8) is 0 Å². The van der Waals surface area contributed by atoms with E-state index in [9.17, 15) is 19.1 Å². The van der Waals surface area contributed by atoms with Crippen LogP contribution in [-0.2, 0) is 61.7 Å². The van der Waals surface area contributed by atoms with Crippen LogP contribution in [0.2, 0.25) is 0 Å². The van der Waals surface area contributed by atoms with E-state index in [1.165, 1.54) is 17.0 Å². The van der Waals surface area contributed by atoms with Crippen molar-refractivity contribution in [1.29, 1.82) is 0 Å². The highest BCUT2D eigenvalue weighted by Gasteiger charge is 2.43. The van der Waals surface area contributed by atoms with Crippen molar-refractivity contribution in [2.45, 2.75) is 70.1 Å². The Morgan fingerprint density at radius 3 is 2.03 bits per heavy atom. The van der Waals surface area contributed by atoms with E-state index in [2.05, 4.69) is 9.80 Å². The summed E-state index contributed by atoms with van der Waals surface area (Å²) >= 11 is 0. The van der Waals surface area contributed by atoms with Gasteiger partial charge in [-0.3, -0.25) is 20.8 Å². The molecule has 0 radical (unpaired) electrons. The highest BCUT2D eigenvalue weighted by Crippen LogP contribution is 2.37. The van der Waals surface area contributed by atoms with Crippen molar-refractivity contribution in [2.75, 3.05) is 62.3 Å². The Balaban J connectivity index is 1.05. The molecule has 8 rings (SSSR count). The molecule has 384 valence electrons. The molecule has 2 saturated heterocycles. The lowest BCUT2D eigenvalue weighted by atomic mass is 9.84. The largest absolute Gasteiger partial charge is 0.508 e. The average Bonchev–Trinajstić information content (AvgIpc) is 3.86. The molecule has 5 aromatic carbocycles. The van der Waals surface area contributed by atoms with Crippen LogP contribution >= 0.6 is 0 Å². The Bertz CT molecular complexity index is 2560. The summed E-state index contributed by atoms with van der Waals surface area (Å²) in [5.41, 5.74) is 5.48. The number of fused-ring (bicyclic) bond motifs is 1. The first-order chi connectivity index (χ1) is 35.0. The fourth-order valence-electron chi connectivity index (χ4n) is 9.04. The number of anilines is 2. The molecule has 0 saturated carbocycles. The van der Waals surface area contributed by atoms with Gasteiger partial charge >= 0.3 is 12.2 Å². The summed E-state index contributed by atoms with van der Waals surface area (Å²) in [4.78, 5) is 42.9. The molecular formula is C51H58FN5O15. The van der Waals surface area contributed by atoms with Crippen molar-refractivity contribution in [3.05, 3.63) is 154 Å². The zero-order valence-corrected chi connectivity index (χ0v) is 39.3. The maximum Gasteiger partial charge on any atom is 0.508 e. The molecule has 72 heavy (non-hydrogen) atoms. The third kappa shape index (κ3) is 14.5. The van der Waals surface area contributed by atoms with E-state index < -0.39 is 35.8 Å². The normalized spacial score (nSPS) is 18.8. The number of hydrogen-bond donors (Lipinski definition) is 5. The first kappa shape index (κ1) is 51.7. The molecular weight excluding hydrogens is 942 g/mol. The van der Waals surface area contributed by atoms with E-state index in [0.29, 0.717) is 73.0 Å². The smallest absolute Gasteiger partial charge is 0.490 e. The Hall–Kier alpha value is -6.63. The molecule has 20 nitrogen and oxygen atoms in total. The Morgan fingerprint density at radius 1 is 0.694 bits per heavy atom.